The molecular weight excluding hydrogens is 222 g/mol. The Labute approximate surface area is 97.7 Å². The Hall–Kier alpha value is -2.04. The minimum atomic E-state index is -0.351. The Kier molecular flexibility index (Phi) is 3.27. The lowest BCUT2D eigenvalue weighted by atomic mass is 10.2. The molecule has 0 aliphatic heterocycles. The van der Waals surface area contributed by atoms with Crippen LogP contribution in [-0.2, 0) is 9.53 Å². The molecular formula is C12H13NO4. The van der Waals surface area contributed by atoms with E-state index < -0.39 is 0 Å². The summed E-state index contributed by atoms with van der Waals surface area (Å²) in [6.07, 6.45) is 1.79. The number of H-pyrrole nitrogens is 1. The predicted molar refractivity (Wildman–Crippen MR) is 60.8 cm³/mol. The van der Waals surface area contributed by atoms with Gasteiger partial charge in [0.25, 0.3) is 0 Å². The van der Waals surface area contributed by atoms with Gasteiger partial charge in [-0.05, 0) is 6.92 Å². The van der Waals surface area contributed by atoms with E-state index in [0.717, 1.165) is 5.52 Å². The molecule has 1 N–H and O–H groups in total. The van der Waals surface area contributed by atoms with Crippen molar-refractivity contribution in [3.05, 3.63) is 24.1 Å². The highest BCUT2D eigenvalue weighted by Crippen LogP contribution is 2.17. The van der Waals surface area contributed by atoms with Crippen LogP contribution in [0.25, 0.3) is 11.1 Å². The zero-order valence-electron chi connectivity index (χ0n) is 9.49. The van der Waals surface area contributed by atoms with Gasteiger partial charge < -0.3 is 14.1 Å². The van der Waals surface area contributed by atoms with Gasteiger partial charge in [-0.1, -0.05) is 0 Å². The van der Waals surface area contributed by atoms with Crippen molar-refractivity contribution in [1.29, 1.82) is 0 Å². The van der Waals surface area contributed by atoms with Crippen molar-refractivity contribution >= 4 is 22.9 Å². The summed E-state index contributed by atoms with van der Waals surface area (Å²) in [6.45, 7) is 2.07. The SMILES string of the molecule is CCOC(=O)CCC(=O)c1cc2occc2[nH]1. The van der Waals surface area contributed by atoms with E-state index >= 15 is 0 Å². The minimum Gasteiger partial charge on any atom is -0.466 e. The number of carbonyl (C=O) groups excluding carboxylic acids is 2. The molecule has 0 aliphatic rings. The number of carbonyl (C=O) groups is 2. The summed E-state index contributed by atoms with van der Waals surface area (Å²) in [6, 6.07) is 3.39. The molecule has 90 valence electrons. The third-order valence-corrected chi connectivity index (χ3v) is 2.40. The van der Waals surface area contributed by atoms with Gasteiger partial charge in [-0.25, -0.2) is 0 Å². The van der Waals surface area contributed by atoms with Crippen LogP contribution >= 0.6 is 0 Å². The smallest absolute Gasteiger partial charge is 0.306 e. The van der Waals surface area contributed by atoms with Crippen LogP contribution in [0.15, 0.2) is 22.8 Å². The Morgan fingerprint density at radius 1 is 1.41 bits per heavy atom. The summed E-state index contributed by atoms with van der Waals surface area (Å²) >= 11 is 0. The maximum Gasteiger partial charge on any atom is 0.306 e. The number of furan rings is 1. The summed E-state index contributed by atoms with van der Waals surface area (Å²) in [7, 11) is 0. The molecule has 2 rings (SSSR count). The number of esters is 1. The molecule has 0 aromatic carbocycles. The van der Waals surface area contributed by atoms with Gasteiger partial charge in [0.1, 0.15) is 0 Å². The Balaban J connectivity index is 1.96. The molecule has 0 spiro atoms. The van der Waals surface area contributed by atoms with Crippen LogP contribution in [0.4, 0.5) is 0 Å². The number of hydrogen-bond acceptors (Lipinski definition) is 4. The van der Waals surface area contributed by atoms with Crippen molar-refractivity contribution in [3.63, 3.8) is 0 Å². The summed E-state index contributed by atoms with van der Waals surface area (Å²) in [5.74, 6) is -0.472. The van der Waals surface area contributed by atoms with Crippen LogP contribution < -0.4 is 0 Å². The lowest BCUT2D eigenvalue weighted by molar-refractivity contribution is -0.143. The fourth-order valence-corrected chi connectivity index (χ4v) is 1.58. The van der Waals surface area contributed by atoms with Gasteiger partial charge in [-0.3, -0.25) is 9.59 Å². The molecule has 0 radical (unpaired) electrons. The fraction of sp³-hybridized carbons (Fsp3) is 0.333. The minimum absolute atomic E-state index is 0.104. The van der Waals surface area contributed by atoms with Gasteiger partial charge in [0.05, 0.1) is 30.5 Å². The Morgan fingerprint density at radius 2 is 2.24 bits per heavy atom. The number of hydrogen-bond donors (Lipinski definition) is 1. The fourth-order valence-electron chi connectivity index (χ4n) is 1.58. The molecule has 0 unspecified atom stereocenters. The molecule has 2 aromatic heterocycles. The number of ether oxygens (including phenoxy) is 1. The normalized spacial score (nSPS) is 10.6. The van der Waals surface area contributed by atoms with Crippen LogP contribution in [-0.4, -0.2) is 23.3 Å². The zero-order valence-corrected chi connectivity index (χ0v) is 9.49. The molecule has 0 aliphatic carbocycles. The molecule has 5 nitrogen and oxygen atoms in total. The second kappa shape index (κ2) is 4.86. The largest absolute Gasteiger partial charge is 0.466 e. The molecule has 2 heterocycles. The van der Waals surface area contributed by atoms with Gasteiger partial charge >= 0.3 is 5.97 Å². The molecule has 17 heavy (non-hydrogen) atoms. The van der Waals surface area contributed by atoms with Crippen molar-refractivity contribution in [1.82, 2.24) is 4.98 Å². The molecule has 0 amide bonds. The third kappa shape index (κ3) is 2.55. The van der Waals surface area contributed by atoms with Gasteiger partial charge in [0.15, 0.2) is 11.4 Å². The topological polar surface area (TPSA) is 72.3 Å². The first-order valence-electron chi connectivity index (χ1n) is 5.45. The first-order chi connectivity index (χ1) is 8.20. The van der Waals surface area contributed by atoms with Crippen LogP contribution in [0.3, 0.4) is 0 Å². The van der Waals surface area contributed by atoms with Crippen LogP contribution in [0.2, 0.25) is 0 Å². The van der Waals surface area contributed by atoms with Crippen LogP contribution in [0.5, 0.6) is 0 Å². The number of ketones is 1. The summed E-state index contributed by atoms with van der Waals surface area (Å²) in [5.41, 5.74) is 1.89. The third-order valence-electron chi connectivity index (χ3n) is 2.40. The van der Waals surface area contributed by atoms with Crippen molar-refractivity contribution in [2.75, 3.05) is 6.61 Å². The van der Waals surface area contributed by atoms with E-state index in [2.05, 4.69) is 4.98 Å². The van der Waals surface area contributed by atoms with Gasteiger partial charge in [-0.2, -0.15) is 0 Å². The molecule has 0 fully saturated rings. The highest BCUT2D eigenvalue weighted by atomic mass is 16.5. The number of fused-ring (bicyclic) bond motifs is 1. The van der Waals surface area contributed by atoms with E-state index in [1.54, 1.807) is 25.3 Å². The molecule has 0 saturated heterocycles. The summed E-state index contributed by atoms with van der Waals surface area (Å²) in [5, 5.41) is 0. The Morgan fingerprint density at radius 3 is 2.94 bits per heavy atom. The van der Waals surface area contributed by atoms with E-state index in [0.29, 0.717) is 17.9 Å². The summed E-state index contributed by atoms with van der Waals surface area (Å²) in [4.78, 5) is 25.8. The lowest BCUT2D eigenvalue weighted by Crippen LogP contribution is -2.08. The molecule has 0 bridgehead atoms. The van der Waals surface area contributed by atoms with Crippen molar-refractivity contribution < 1.29 is 18.7 Å². The van der Waals surface area contributed by atoms with Crippen LogP contribution in [0.1, 0.15) is 30.3 Å². The number of aromatic amines is 1. The van der Waals surface area contributed by atoms with E-state index in [1.165, 1.54) is 0 Å². The van der Waals surface area contributed by atoms with Crippen LogP contribution in [0, 0.1) is 0 Å². The summed E-state index contributed by atoms with van der Waals surface area (Å²) < 4.78 is 9.89. The number of nitrogens with one attached hydrogen (secondary N) is 1. The molecule has 5 heteroatoms. The van der Waals surface area contributed by atoms with E-state index in [-0.39, 0.29) is 24.6 Å². The number of aromatic nitrogens is 1. The first kappa shape index (κ1) is 11.4. The van der Waals surface area contributed by atoms with Gasteiger partial charge in [-0.15, -0.1) is 0 Å². The van der Waals surface area contributed by atoms with E-state index in [1.807, 2.05) is 0 Å². The predicted octanol–water partition coefficient (Wildman–Crippen LogP) is 2.29. The lowest BCUT2D eigenvalue weighted by Gasteiger charge is -2.00. The molecule has 0 saturated carbocycles. The monoisotopic (exact) mass is 235 g/mol. The van der Waals surface area contributed by atoms with Crippen molar-refractivity contribution in [3.8, 4) is 0 Å². The maximum atomic E-state index is 11.7. The number of Topliss-reactive ketones (excluding diaryl/α,β-unsaturated/α-hetero) is 1. The molecule has 2 aromatic rings. The zero-order chi connectivity index (χ0) is 12.3. The van der Waals surface area contributed by atoms with E-state index in [9.17, 15) is 9.59 Å². The van der Waals surface area contributed by atoms with Gasteiger partial charge in [0.2, 0.25) is 0 Å². The van der Waals surface area contributed by atoms with Crippen molar-refractivity contribution in [2.24, 2.45) is 0 Å². The van der Waals surface area contributed by atoms with Crippen molar-refractivity contribution in [2.45, 2.75) is 19.8 Å². The standard InChI is InChI=1S/C12H13NO4/c1-2-16-12(15)4-3-10(14)9-7-11-8(13-9)5-6-17-11/h5-7,13H,2-4H2,1H3. The van der Waals surface area contributed by atoms with Gasteiger partial charge in [0, 0.05) is 18.6 Å². The number of rotatable bonds is 5. The Bertz CT molecular complexity index is 509. The maximum absolute atomic E-state index is 11.7. The highest BCUT2D eigenvalue weighted by molar-refractivity contribution is 5.99. The second-order valence-electron chi connectivity index (χ2n) is 3.61. The quantitative estimate of drug-likeness (QED) is 0.637. The van der Waals surface area contributed by atoms with E-state index in [4.69, 9.17) is 9.15 Å². The average molecular weight is 235 g/mol. The highest BCUT2D eigenvalue weighted by Gasteiger charge is 2.13. The first-order valence-corrected chi connectivity index (χ1v) is 5.45. The second-order valence-corrected chi connectivity index (χ2v) is 3.61. The average Bonchev–Trinajstić information content (AvgIpc) is 2.86. The molecule has 0 atom stereocenters.